The van der Waals surface area contributed by atoms with Crippen molar-refractivity contribution in [2.75, 3.05) is 33.4 Å². The van der Waals surface area contributed by atoms with E-state index in [-0.39, 0.29) is 18.3 Å². The summed E-state index contributed by atoms with van der Waals surface area (Å²) in [5, 5.41) is 6.11. The molecule has 0 bridgehead atoms. The van der Waals surface area contributed by atoms with E-state index in [9.17, 15) is 4.79 Å². The predicted octanol–water partition coefficient (Wildman–Crippen LogP) is 2.84. The third kappa shape index (κ3) is 5.34. The molecule has 24 heavy (non-hydrogen) atoms. The maximum atomic E-state index is 12.3. The van der Waals surface area contributed by atoms with Crippen molar-refractivity contribution in [2.24, 2.45) is 7.05 Å². The molecule has 0 radical (unpaired) electrons. The molecule has 132 valence electrons. The molecule has 0 aliphatic carbocycles. The van der Waals surface area contributed by atoms with Crippen LogP contribution in [0, 0.1) is 0 Å². The number of aromatic nitrogens is 1. The molecule has 2 rings (SSSR count). The van der Waals surface area contributed by atoms with Gasteiger partial charge in [0.25, 0.3) is 5.91 Å². The van der Waals surface area contributed by atoms with Gasteiger partial charge in [-0.3, -0.25) is 4.79 Å². The van der Waals surface area contributed by atoms with Gasteiger partial charge in [-0.25, -0.2) is 0 Å². The number of amides is 1. The number of ether oxygens (including phenoxy) is 1. The molecule has 0 spiro atoms. The van der Waals surface area contributed by atoms with Crippen LogP contribution in [0.4, 0.5) is 0 Å². The Kier molecular flexibility index (Phi) is 9.07. The van der Waals surface area contributed by atoms with Crippen molar-refractivity contribution < 1.29 is 9.53 Å². The zero-order valence-electron chi connectivity index (χ0n) is 13.8. The molecule has 1 heterocycles. The van der Waals surface area contributed by atoms with Crippen LogP contribution in [-0.4, -0.2) is 43.8 Å². The molecule has 5 nitrogen and oxygen atoms in total. The number of nitrogens with zero attached hydrogens (tertiary/aromatic N) is 1. The third-order valence-electron chi connectivity index (χ3n) is 3.57. The van der Waals surface area contributed by atoms with E-state index >= 15 is 0 Å². The van der Waals surface area contributed by atoms with Gasteiger partial charge in [-0.1, -0.05) is 34.1 Å². The van der Waals surface area contributed by atoms with Crippen molar-refractivity contribution in [1.29, 1.82) is 0 Å². The number of carbonyl (C=O) groups is 1. The van der Waals surface area contributed by atoms with Crippen LogP contribution in [0.5, 0.6) is 0 Å². The monoisotopic (exact) mass is 415 g/mol. The fourth-order valence-corrected chi connectivity index (χ4v) is 2.82. The summed E-state index contributed by atoms with van der Waals surface area (Å²) in [5.41, 5.74) is 2.71. The molecule has 0 atom stereocenters. The maximum Gasteiger partial charge on any atom is 0.267 e. The summed E-state index contributed by atoms with van der Waals surface area (Å²) < 4.78 is 7.87. The first-order chi connectivity index (χ1) is 11.1. The standard InChI is InChI=1S/C17H22BrN3O2.ClH/c1-21-15(13-5-3-4-6-14(13)18)7-8-16(21)17(22)20-10-9-19-11-12-23-2;/h3-8,19H,9-12H2,1-2H3,(H,20,22);1H. The number of nitrogens with one attached hydrogen (secondary N) is 2. The summed E-state index contributed by atoms with van der Waals surface area (Å²) in [4.78, 5) is 12.3. The zero-order chi connectivity index (χ0) is 16.7. The highest BCUT2D eigenvalue weighted by Gasteiger charge is 2.14. The first-order valence-corrected chi connectivity index (χ1v) is 8.33. The first kappa shape index (κ1) is 20.7. The van der Waals surface area contributed by atoms with Gasteiger partial charge in [0.2, 0.25) is 0 Å². The second kappa shape index (κ2) is 10.5. The quantitative estimate of drug-likeness (QED) is 0.651. The topological polar surface area (TPSA) is 55.3 Å². The fourth-order valence-electron chi connectivity index (χ4n) is 2.33. The summed E-state index contributed by atoms with van der Waals surface area (Å²) in [7, 11) is 3.57. The predicted molar refractivity (Wildman–Crippen MR) is 103 cm³/mol. The van der Waals surface area contributed by atoms with E-state index in [0.29, 0.717) is 18.8 Å². The fraction of sp³-hybridized carbons (Fsp3) is 0.353. The molecule has 2 aromatic rings. The van der Waals surface area contributed by atoms with Gasteiger partial charge in [0.1, 0.15) is 5.69 Å². The van der Waals surface area contributed by atoms with E-state index < -0.39 is 0 Å². The maximum absolute atomic E-state index is 12.3. The van der Waals surface area contributed by atoms with Crippen molar-refractivity contribution in [3.63, 3.8) is 0 Å². The van der Waals surface area contributed by atoms with Crippen molar-refractivity contribution in [3.8, 4) is 11.3 Å². The lowest BCUT2D eigenvalue weighted by molar-refractivity contribution is 0.0945. The molecular weight excluding hydrogens is 394 g/mol. The number of halogens is 2. The van der Waals surface area contributed by atoms with Gasteiger partial charge in [0.15, 0.2) is 0 Å². The van der Waals surface area contributed by atoms with Crippen LogP contribution in [-0.2, 0) is 11.8 Å². The number of hydrogen-bond acceptors (Lipinski definition) is 3. The lowest BCUT2D eigenvalue weighted by atomic mass is 10.1. The smallest absolute Gasteiger partial charge is 0.267 e. The van der Waals surface area contributed by atoms with Crippen LogP contribution in [0.3, 0.4) is 0 Å². The molecule has 0 aliphatic rings. The Bertz CT molecular complexity index is 661. The summed E-state index contributed by atoms with van der Waals surface area (Å²) >= 11 is 3.55. The van der Waals surface area contributed by atoms with E-state index in [1.807, 2.05) is 48.0 Å². The normalized spacial score (nSPS) is 10.3. The summed E-state index contributed by atoms with van der Waals surface area (Å²) in [5.74, 6) is -0.0701. The van der Waals surface area contributed by atoms with Crippen LogP contribution in [0.2, 0.25) is 0 Å². The van der Waals surface area contributed by atoms with Gasteiger partial charge in [-0.15, -0.1) is 12.4 Å². The molecule has 2 N–H and O–H groups in total. The van der Waals surface area contributed by atoms with Crippen molar-refractivity contribution in [1.82, 2.24) is 15.2 Å². The van der Waals surface area contributed by atoms with Gasteiger partial charge in [-0.05, 0) is 18.2 Å². The lowest BCUT2D eigenvalue weighted by Gasteiger charge is -2.10. The average molecular weight is 417 g/mol. The summed E-state index contributed by atoms with van der Waals surface area (Å²) in [6.45, 7) is 2.75. The van der Waals surface area contributed by atoms with E-state index in [4.69, 9.17) is 4.74 Å². The second-order valence-corrected chi connectivity index (χ2v) is 6.00. The molecule has 1 amide bonds. The van der Waals surface area contributed by atoms with Crippen LogP contribution in [0.25, 0.3) is 11.3 Å². The molecule has 0 saturated heterocycles. The van der Waals surface area contributed by atoms with Gasteiger partial charge in [0.05, 0.1) is 6.61 Å². The number of methoxy groups -OCH3 is 1. The van der Waals surface area contributed by atoms with Gasteiger partial charge in [-0.2, -0.15) is 0 Å². The zero-order valence-corrected chi connectivity index (χ0v) is 16.2. The number of rotatable bonds is 8. The Morgan fingerprint density at radius 2 is 1.92 bits per heavy atom. The average Bonchev–Trinajstić information content (AvgIpc) is 2.92. The highest BCUT2D eigenvalue weighted by molar-refractivity contribution is 9.10. The van der Waals surface area contributed by atoms with Crippen molar-refractivity contribution in [2.45, 2.75) is 0 Å². The third-order valence-corrected chi connectivity index (χ3v) is 4.27. The summed E-state index contributed by atoms with van der Waals surface area (Å²) in [6, 6.07) is 11.8. The van der Waals surface area contributed by atoms with E-state index in [1.54, 1.807) is 7.11 Å². The minimum atomic E-state index is -0.0701. The molecule has 0 fully saturated rings. The highest BCUT2D eigenvalue weighted by Crippen LogP contribution is 2.28. The Labute approximate surface area is 157 Å². The second-order valence-electron chi connectivity index (χ2n) is 5.14. The number of hydrogen-bond donors (Lipinski definition) is 2. The van der Waals surface area contributed by atoms with E-state index in [2.05, 4.69) is 26.6 Å². The molecule has 0 unspecified atom stereocenters. The van der Waals surface area contributed by atoms with Gasteiger partial charge >= 0.3 is 0 Å². The van der Waals surface area contributed by atoms with Crippen LogP contribution < -0.4 is 10.6 Å². The minimum absolute atomic E-state index is 0. The first-order valence-electron chi connectivity index (χ1n) is 7.53. The van der Waals surface area contributed by atoms with E-state index in [0.717, 1.165) is 28.8 Å². The molecule has 7 heteroatoms. The van der Waals surface area contributed by atoms with Crippen molar-refractivity contribution >= 4 is 34.2 Å². The highest BCUT2D eigenvalue weighted by atomic mass is 79.9. The van der Waals surface area contributed by atoms with E-state index in [1.165, 1.54) is 0 Å². The Hall–Kier alpha value is -1.34. The number of carbonyl (C=O) groups excluding carboxylic acids is 1. The molecule has 1 aromatic carbocycles. The summed E-state index contributed by atoms with van der Waals surface area (Å²) in [6.07, 6.45) is 0. The van der Waals surface area contributed by atoms with Crippen LogP contribution in [0.1, 0.15) is 10.5 Å². The lowest BCUT2D eigenvalue weighted by Crippen LogP contribution is -2.33. The Morgan fingerprint density at radius 3 is 2.62 bits per heavy atom. The molecule has 1 aromatic heterocycles. The molecular formula is C17H23BrClN3O2. The van der Waals surface area contributed by atoms with Gasteiger partial charge in [0, 0.05) is 49.5 Å². The Balaban J connectivity index is 0.00000288. The SMILES string of the molecule is COCCNCCNC(=O)c1ccc(-c2ccccc2Br)n1C.Cl. The Morgan fingerprint density at radius 1 is 1.17 bits per heavy atom. The van der Waals surface area contributed by atoms with Crippen molar-refractivity contribution in [3.05, 3.63) is 46.6 Å². The molecule has 0 aliphatic heterocycles. The molecule has 0 saturated carbocycles. The number of benzene rings is 1. The minimum Gasteiger partial charge on any atom is -0.383 e. The van der Waals surface area contributed by atoms with Gasteiger partial charge < -0.3 is 19.9 Å². The van der Waals surface area contributed by atoms with Crippen LogP contribution in [0.15, 0.2) is 40.9 Å². The largest absolute Gasteiger partial charge is 0.383 e. The van der Waals surface area contributed by atoms with Crippen LogP contribution >= 0.6 is 28.3 Å².